The number of esters is 1. The van der Waals surface area contributed by atoms with Crippen molar-refractivity contribution >= 4 is 16.0 Å². The molecule has 1 saturated carbocycles. The monoisotopic (exact) mass is 410 g/mol. The standard InChI is InChI=1S/C19H20F2N2O4S/c1-27-19(24)13-2-6-15(10-13)23-28(25,26)16-7-3-12(4-8-16)17-9-5-14(11-22-17)18(20)21/h3-5,7-9,11,13,15,18,23H,2,6,10H2,1H3/t13-,15+/m1/s1. The fourth-order valence-electron chi connectivity index (χ4n) is 3.27. The summed E-state index contributed by atoms with van der Waals surface area (Å²) >= 11 is 0. The van der Waals surface area contributed by atoms with Gasteiger partial charge in [-0.3, -0.25) is 9.78 Å². The number of rotatable bonds is 6. The van der Waals surface area contributed by atoms with Crippen LogP contribution in [0.15, 0.2) is 47.5 Å². The van der Waals surface area contributed by atoms with Crippen LogP contribution in [0.3, 0.4) is 0 Å². The second-order valence-corrected chi connectivity index (χ2v) is 8.37. The first kappa shape index (κ1) is 20.3. The normalized spacial score (nSPS) is 19.7. The first-order valence-corrected chi connectivity index (χ1v) is 10.2. The van der Waals surface area contributed by atoms with E-state index in [0.717, 1.165) is 6.20 Å². The van der Waals surface area contributed by atoms with Crippen LogP contribution in [0.2, 0.25) is 0 Å². The lowest BCUT2D eigenvalue weighted by molar-refractivity contribution is -0.145. The zero-order valence-corrected chi connectivity index (χ0v) is 16.0. The Bertz CT molecular complexity index is 931. The molecule has 0 saturated heterocycles. The van der Waals surface area contributed by atoms with E-state index in [1.807, 2.05) is 0 Å². The number of nitrogens with zero attached hydrogens (tertiary/aromatic N) is 1. The summed E-state index contributed by atoms with van der Waals surface area (Å²) in [5.74, 6) is -0.612. The van der Waals surface area contributed by atoms with E-state index in [1.54, 1.807) is 12.1 Å². The highest BCUT2D eigenvalue weighted by Crippen LogP contribution is 2.28. The Balaban J connectivity index is 1.69. The van der Waals surface area contributed by atoms with Crippen LogP contribution in [0.4, 0.5) is 8.78 Å². The molecule has 150 valence electrons. The fraction of sp³-hybridized carbons (Fsp3) is 0.368. The predicted octanol–water partition coefficient (Wildman–Crippen LogP) is 3.31. The average Bonchev–Trinajstić information content (AvgIpc) is 3.15. The number of methoxy groups -OCH3 is 1. The molecular weight excluding hydrogens is 390 g/mol. The highest BCUT2D eigenvalue weighted by molar-refractivity contribution is 7.89. The van der Waals surface area contributed by atoms with Crippen molar-refractivity contribution in [3.8, 4) is 11.3 Å². The summed E-state index contributed by atoms with van der Waals surface area (Å²) < 4.78 is 57.7. The number of hydrogen-bond donors (Lipinski definition) is 1. The van der Waals surface area contributed by atoms with Gasteiger partial charge in [-0.15, -0.1) is 0 Å². The highest BCUT2D eigenvalue weighted by atomic mass is 32.2. The zero-order valence-electron chi connectivity index (χ0n) is 15.1. The summed E-state index contributed by atoms with van der Waals surface area (Å²) in [5, 5.41) is 0. The van der Waals surface area contributed by atoms with Gasteiger partial charge in [0, 0.05) is 23.4 Å². The molecule has 1 aliphatic carbocycles. The number of pyridine rings is 1. The molecule has 0 unspecified atom stereocenters. The van der Waals surface area contributed by atoms with Crippen molar-refractivity contribution in [2.45, 2.75) is 36.6 Å². The highest BCUT2D eigenvalue weighted by Gasteiger charge is 2.33. The molecule has 1 aromatic carbocycles. The number of alkyl halides is 2. The Hall–Kier alpha value is -2.39. The Morgan fingerprint density at radius 2 is 1.89 bits per heavy atom. The third kappa shape index (κ3) is 4.53. The van der Waals surface area contributed by atoms with Gasteiger partial charge in [-0.1, -0.05) is 12.1 Å². The van der Waals surface area contributed by atoms with Crippen LogP contribution in [0.25, 0.3) is 11.3 Å². The number of benzene rings is 1. The molecule has 2 aromatic rings. The lowest BCUT2D eigenvalue weighted by Gasteiger charge is -2.13. The topological polar surface area (TPSA) is 85.4 Å². The minimum atomic E-state index is -3.74. The third-order valence-electron chi connectivity index (χ3n) is 4.79. The Morgan fingerprint density at radius 1 is 1.18 bits per heavy atom. The first-order valence-electron chi connectivity index (χ1n) is 8.75. The second-order valence-electron chi connectivity index (χ2n) is 6.65. The lowest BCUT2D eigenvalue weighted by atomic mass is 10.1. The van der Waals surface area contributed by atoms with Gasteiger partial charge in [0.2, 0.25) is 10.0 Å². The Labute approximate surface area is 162 Å². The van der Waals surface area contributed by atoms with Crippen LogP contribution in [0.5, 0.6) is 0 Å². The average molecular weight is 410 g/mol. The van der Waals surface area contributed by atoms with Crippen molar-refractivity contribution < 1.29 is 26.7 Å². The van der Waals surface area contributed by atoms with E-state index in [-0.39, 0.29) is 28.4 Å². The van der Waals surface area contributed by atoms with E-state index >= 15 is 0 Å². The van der Waals surface area contributed by atoms with Crippen molar-refractivity contribution in [2.24, 2.45) is 5.92 Å². The number of aromatic nitrogens is 1. The van der Waals surface area contributed by atoms with E-state index < -0.39 is 16.4 Å². The van der Waals surface area contributed by atoms with Gasteiger partial charge in [0.25, 0.3) is 6.43 Å². The van der Waals surface area contributed by atoms with E-state index in [1.165, 1.54) is 31.4 Å². The zero-order chi connectivity index (χ0) is 20.3. The summed E-state index contributed by atoms with van der Waals surface area (Å²) in [4.78, 5) is 15.7. The molecule has 6 nitrogen and oxygen atoms in total. The summed E-state index contributed by atoms with van der Waals surface area (Å²) in [6, 6.07) is 8.46. The van der Waals surface area contributed by atoms with E-state index in [4.69, 9.17) is 4.74 Å². The van der Waals surface area contributed by atoms with Gasteiger partial charge in [0.15, 0.2) is 0 Å². The molecule has 0 amide bonds. The van der Waals surface area contributed by atoms with E-state index in [9.17, 15) is 22.0 Å². The van der Waals surface area contributed by atoms with Gasteiger partial charge >= 0.3 is 5.97 Å². The van der Waals surface area contributed by atoms with Gasteiger partial charge in [-0.05, 0) is 43.5 Å². The van der Waals surface area contributed by atoms with Crippen LogP contribution in [-0.2, 0) is 19.6 Å². The largest absolute Gasteiger partial charge is 0.469 e. The molecule has 9 heteroatoms. The van der Waals surface area contributed by atoms with Gasteiger partial charge in [-0.2, -0.15) is 0 Å². The molecule has 2 atom stereocenters. The van der Waals surface area contributed by atoms with E-state index in [0.29, 0.717) is 30.5 Å². The minimum Gasteiger partial charge on any atom is -0.469 e. The number of halogens is 2. The van der Waals surface area contributed by atoms with Crippen molar-refractivity contribution in [1.82, 2.24) is 9.71 Å². The molecule has 1 aromatic heterocycles. The van der Waals surface area contributed by atoms with Crippen LogP contribution in [0.1, 0.15) is 31.3 Å². The van der Waals surface area contributed by atoms with Gasteiger partial charge in [0.1, 0.15) is 0 Å². The summed E-state index contributed by atoms with van der Waals surface area (Å²) in [6.45, 7) is 0. The smallest absolute Gasteiger partial charge is 0.308 e. The lowest BCUT2D eigenvalue weighted by Crippen LogP contribution is -2.33. The van der Waals surface area contributed by atoms with Crippen LogP contribution >= 0.6 is 0 Å². The summed E-state index contributed by atoms with van der Waals surface area (Å²) in [6.07, 6.45) is 0.0693. The number of hydrogen-bond acceptors (Lipinski definition) is 5. The van der Waals surface area contributed by atoms with Crippen molar-refractivity contribution in [3.05, 3.63) is 48.2 Å². The number of carbonyl (C=O) groups excluding carboxylic acids is 1. The maximum atomic E-state index is 12.6. The second kappa shape index (κ2) is 8.32. The fourth-order valence-corrected chi connectivity index (χ4v) is 4.55. The molecule has 1 heterocycles. The molecule has 0 spiro atoms. The maximum absolute atomic E-state index is 12.6. The Morgan fingerprint density at radius 3 is 2.46 bits per heavy atom. The molecule has 0 bridgehead atoms. The number of ether oxygens (including phenoxy) is 1. The number of nitrogens with one attached hydrogen (secondary N) is 1. The van der Waals surface area contributed by atoms with Crippen molar-refractivity contribution in [3.63, 3.8) is 0 Å². The number of carbonyl (C=O) groups is 1. The summed E-state index contributed by atoms with van der Waals surface area (Å²) in [5.41, 5.74) is 0.915. The molecule has 3 rings (SSSR count). The van der Waals surface area contributed by atoms with E-state index in [2.05, 4.69) is 9.71 Å². The Kier molecular flexibility index (Phi) is 6.04. The van der Waals surface area contributed by atoms with Crippen LogP contribution in [0, 0.1) is 5.92 Å². The quantitative estimate of drug-likeness (QED) is 0.739. The first-order chi connectivity index (χ1) is 13.3. The molecule has 0 aliphatic heterocycles. The van der Waals surface area contributed by atoms with Crippen LogP contribution in [-0.4, -0.2) is 32.5 Å². The van der Waals surface area contributed by atoms with Crippen molar-refractivity contribution in [1.29, 1.82) is 0 Å². The molecular formula is C19H20F2N2O4S. The van der Waals surface area contributed by atoms with Gasteiger partial charge < -0.3 is 4.74 Å². The van der Waals surface area contributed by atoms with Gasteiger partial charge in [-0.25, -0.2) is 21.9 Å². The maximum Gasteiger partial charge on any atom is 0.308 e. The third-order valence-corrected chi connectivity index (χ3v) is 6.32. The molecule has 1 aliphatic rings. The van der Waals surface area contributed by atoms with Crippen LogP contribution < -0.4 is 4.72 Å². The molecule has 28 heavy (non-hydrogen) atoms. The molecule has 0 radical (unpaired) electrons. The van der Waals surface area contributed by atoms with Crippen molar-refractivity contribution in [2.75, 3.05) is 7.11 Å². The molecule has 1 fully saturated rings. The predicted molar refractivity (Wildman–Crippen MR) is 98.1 cm³/mol. The minimum absolute atomic E-state index is 0.0852. The summed E-state index contributed by atoms with van der Waals surface area (Å²) in [7, 11) is -2.42. The SMILES string of the molecule is COC(=O)[C@@H]1CC[C@H](NS(=O)(=O)c2ccc(-c3ccc(C(F)F)cn3)cc2)C1. The van der Waals surface area contributed by atoms with Gasteiger partial charge in [0.05, 0.1) is 23.6 Å². The molecule has 1 N–H and O–H groups in total. The number of sulfonamides is 1.